The van der Waals surface area contributed by atoms with Crippen molar-refractivity contribution >= 4 is 40.1 Å². The van der Waals surface area contributed by atoms with Crippen molar-refractivity contribution < 1.29 is 4.79 Å². The van der Waals surface area contributed by atoms with Crippen molar-refractivity contribution in [1.29, 1.82) is 0 Å². The van der Waals surface area contributed by atoms with Crippen LogP contribution in [0.25, 0.3) is 0 Å². The van der Waals surface area contributed by atoms with E-state index in [0.717, 1.165) is 35.1 Å². The maximum absolute atomic E-state index is 12.4. The fourth-order valence-electron chi connectivity index (χ4n) is 2.35. The van der Waals surface area contributed by atoms with Crippen LogP contribution in [-0.2, 0) is 0 Å². The zero-order valence-electron chi connectivity index (χ0n) is 10.2. The number of benzene rings is 1. The van der Waals surface area contributed by atoms with Crippen LogP contribution in [0.3, 0.4) is 0 Å². The average Bonchev–Trinajstić information content (AvgIpc) is 2.80. The molecule has 0 radical (unpaired) electrons. The first-order valence-electron chi connectivity index (χ1n) is 6.04. The Hall–Kier alpha value is -0.330. The second-order valence-corrected chi connectivity index (χ2v) is 6.05. The SMILES string of the molecule is CNCC1CCCN1C(=O)c1ccc(Cl)c(I)c1. The summed E-state index contributed by atoms with van der Waals surface area (Å²) in [4.78, 5) is 14.4. The topological polar surface area (TPSA) is 32.3 Å². The summed E-state index contributed by atoms with van der Waals surface area (Å²) in [6.45, 7) is 1.71. The van der Waals surface area contributed by atoms with Gasteiger partial charge in [-0.15, -0.1) is 0 Å². The third-order valence-electron chi connectivity index (χ3n) is 3.24. The molecule has 2 rings (SSSR count). The number of carbonyl (C=O) groups is 1. The molecule has 1 aromatic rings. The smallest absolute Gasteiger partial charge is 0.254 e. The molecule has 1 N–H and O–H groups in total. The van der Waals surface area contributed by atoms with E-state index in [2.05, 4.69) is 27.9 Å². The van der Waals surface area contributed by atoms with Crippen molar-refractivity contribution in [3.63, 3.8) is 0 Å². The van der Waals surface area contributed by atoms with Crippen molar-refractivity contribution in [3.05, 3.63) is 32.4 Å². The zero-order chi connectivity index (χ0) is 13.1. The predicted molar refractivity (Wildman–Crippen MR) is 82.2 cm³/mol. The number of likely N-dealkylation sites (tertiary alicyclic amines) is 1. The van der Waals surface area contributed by atoms with Crippen LogP contribution in [0, 0.1) is 3.57 Å². The first-order chi connectivity index (χ1) is 8.63. The number of halogens is 2. The number of carbonyl (C=O) groups excluding carboxylic acids is 1. The molecule has 0 saturated carbocycles. The van der Waals surface area contributed by atoms with E-state index < -0.39 is 0 Å². The molecule has 0 bridgehead atoms. The average molecular weight is 379 g/mol. The Labute approximate surface area is 126 Å². The monoisotopic (exact) mass is 378 g/mol. The molecule has 3 nitrogen and oxygen atoms in total. The molecule has 1 atom stereocenters. The third kappa shape index (κ3) is 2.97. The number of amides is 1. The molecule has 1 aromatic carbocycles. The first-order valence-corrected chi connectivity index (χ1v) is 7.49. The van der Waals surface area contributed by atoms with Crippen molar-refractivity contribution in [1.82, 2.24) is 10.2 Å². The summed E-state index contributed by atoms with van der Waals surface area (Å²) in [7, 11) is 1.92. The minimum absolute atomic E-state index is 0.113. The van der Waals surface area contributed by atoms with Gasteiger partial charge < -0.3 is 10.2 Å². The van der Waals surface area contributed by atoms with Gasteiger partial charge in [-0.3, -0.25) is 4.79 Å². The van der Waals surface area contributed by atoms with Gasteiger partial charge in [-0.1, -0.05) is 11.6 Å². The van der Waals surface area contributed by atoms with Crippen molar-refractivity contribution in [2.75, 3.05) is 20.1 Å². The molecule has 0 aliphatic carbocycles. The van der Waals surface area contributed by atoms with E-state index >= 15 is 0 Å². The Morgan fingerprint density at radius 1 is 1.61 bits per heavy atom. The minimum atomic E-state index is 0.113. The number of nitrogens with one attached hydrogen (secondary N) is 1. The van der Waals surface area contributed by atoms with Crippen LogP contribution in [0.4, 0.5) is 0 Å². The molecule has 0 spiro atoms. The van der Waals surface area contributed by atoms with Crippen molar-refractivity contribution in [2.24, 2.45) is 0 Å². The molecule has 0 aromatic heterocycles. The van der Waals surface area contributed by atoms with Gasteiger partial charge in [0.2, 0.25) is 0 Å². The van der Waals surface area contributed by atoms with Gasteiger partial charge >= 0.3 is 0 Å². The largest absolute Gasteiger partial charge is 0.334 e. The number of hydrogen-bond donors (Lipinski definition) is 1. The molecular formula is C13H16ClIN2O. The number of rotatable bonds is 3. The molecule has 1 aliphatic rings. The van der Waals surface area contributed by atoms with E-state index in [4.69, 9.17) is 11.6 Å². The highest BCUT2D eigenvalue weighted by Crippen LogP contribution is 2.23. The van der Waals surface area contributed by atoms with Crippen LogP contribution in [0.2, 0.25) is 5.02 Å². The lowest BCUT2D eigenvalue weighted by molar-refractivity contribution is 0.0737. The van der Waals surface area contributed by atoms with Gasteiger partial charge in [0.15, 0.2) is 0 Å². The van der Waals surface area contributed by atoms with Crippen LogP contribution in [-0.4, -0.2) is 37.0 Å². The van der Waals surface area contributed by atoms with Gasteiger partial charge in [0, 0.05) is 28.3 Å². The number of likely N-dealkylation sites (N-methyl/N-ethyl adjacent to an activating group) is 1. The van der Waals surface area contributed by atoms with E-state index in [0.29, 0.717) is 11.1 Å². The van der Waals surface area contributed by atoms with Crippen LogP contribution in [0.5, 0.6) is 0 Å². The maximum Gasteiger partial charge on any atom is 0.254 e. The first kappa shape index (κ1) is 14.1. The second kappa shape index (κ2) is 6.21. The van der Waals surface area contributed by atoms with E-state index in [9.17, 15) is 4.79 Å². The van der Waals surface area contributed by atoms with Gasteiger partial charge in [-0.25, -0.2) is 0 Å². The quantitative estimate of drug-likeness (QED) is 0.820. The van der Waals surface area contributed by atoms with Crippen molar-refractivity contribution in [2.45, 2.75) is 18.9 Å². The van der Waals surface area contributed by atoms with Gasteiger partial charge in [-0.05, 0) is 60.7 Å². The summed E-state index contributed by atoms with van der Waals surface area (Å²) < 4.78 is 0.921. The molecule has 18 heavy (non-hydrogen) atoms. The van der Waals surface area contributed by atoms with Crippen LogP contribution in [0.15, 0.2) is 18.2 Å². The summed E-state index contributed by atoms with van der Waals surface area (Å²) in [5.41, 5.74) is 0.729. The standard InChI is InChI=1S/C13H16ClIN2O/c1-16-8-10-3-2-6-17(10)13(18)9-4-5-11(14)12(15)7-9/h4-5,7,10,16H,2-3,6,8H2,1H3. The summed E-state index contributed by atoms with van der Waals surface area (Å²) >= 11 is 8.13. The molecule has 5 heteroatoms. The van der Waals surface area contributed by atoms with Crippen LogP contribution < -0.4 is 5.32 Å². The van der Waals surface area contributed by atoms with Gasteiger partial charge in [0.25, 0.3) is 5.91 Å². The highest BCUT2D eigenvalue weighted by atomic mass is 127. The highest BCUT2D eigenvalue weighted by Gasteiger charge is 2.28. The van der Waals surface area contributed by atoms with E-state index in [1.54, 1.807) is 6.07 Å². The van der Waals surface area contributed by atoms with Gasteiger partial charge in [0.05, 0.1) is 5.02 Å². The lowest BCUT2D eigenvalue weighted by Gasteiger charge is -2.24. The molecule has 1 unspecified atom stereocenters. The van der Waals surface area contributed by atoms with Gasteiger partial charge in [0.1, 0.15) is 0 Å². The van der Waals surface area contributed by atoms with Crippen LogP contribution in [0.1, 0.15) is 23.2 Å². The van der Waals surface area contributed by atoms with Crippen LogP contribution >= 0.6 is 34.2 Å². The molecule has 1 aliphatic heterocycles. The molecule has 98 valence electrons. The zero-order valence-corrected chi connectivity index (χ0v) is 13.2. The van der Waals surface area contributed by atoms with E-state index in [1.165, 1.54) is 0 Å². The Morgan fingerprint density at radius 2 is 2.39 bits per heavy atom. The fraction of sp³-hybridized carbons (Fsp3) is 0.462. The van der Waals surface area contributed by atoms with E-state index in [1.807, 2.05) is 24.1 Å². The normalized spacial score (nSPS) is 19.3. The number of hydrogen-bond acceptors (Lipinski definition) is 2. The fourth-order valence-corrected chi connectivity index (χ4v) is 2.98. The minimum Gasteiger partial charge on any atom is -0.334 e. The Morgan fingerprint density at radius 3 is 3.06 bits per heavy atom. The highest BCUT2D eigenvalue weighted by molar-refractivity contribution is 14.1. The lowest BCUT2D eigenvalue weighted by Crippen LogP contribution is -2.40. The molecule has 1 amide bonds. The molecule has 1 fully saturated rings. The summed E-state index contributed by atoms with van der Waals surface area (Å²) in [6, 6.07) is 5.78. The molecule has 1 heterocycles. The molecule has 1 saturated heterocycles. The predicted octanol–water partition coefficient (Wildman–Crippen LogP) is 2.77. The second-order valence-electron chi connectivity index (χ2n) is 4.48. The lowest BCUT2D eigenvalue weighted by atomic mass is 10.1. The summed E-state index contributed by atoms with van der Waals surface area (Å²) in [6.07, 6.45) is 2.17. The summed E-state index contributed by atoms with van der Waals surface area (Å²) in [5, 5.41) is 3.84. The maximum atomic E-state index is 12.4. The molecular weight excluding hydrogens is 363 g/mol. The number of nitrogens with zero attached hydrogens (tertiary/aromatic N) is 1. The van der Waals surface area contributed by atoms with E-state index in [-0.39, 0.29) is 5.91 Å². The Kier molecular flexibility index (Phi) is 4.86. The van der Waals surface area contributed by atoms with Gasteiger partial charge in [-0.2, -0.15) is 0 Å². The Balaban J connectivity index is 2.17. The summed E-state index contributed by atoms with van der Waals surface area (Å²) in [5.74, 6) is 0.113. The third-order valence-corrected chi connectivity index (χ3v) is 4.79. The Bertz CT molecular complexity index is 453. The van der Waals surface area contributed by atoms with Crippen molar-refractivity contribution in [3.8, 4) is 0 Å².